The van der Waals surface area contributed by atoms with Gasteiger partial charge in [0.1, 0.15) is 5.69 Å². The second-order valence-corrected chi connectivity index (χ2v) is 3.38. The summed E-state index contributed by atoms with van der Waals surface area (Å²) < 4.78 is 38.5. The summed E-state index contributed by atoms with van der Waals surface area (Å²) in [6.45, 7) is 4.58. The van der Waals surface area contributed by atoms with Crippen LogP contribution >= 0.6 is 0 Å². The number of aromatic nitrogens is 1. The van der Waals surface area contributed by atoms with Crippen LogP contribution in [0, 0.1) is 13.8 Å². The fourth-order valence-electron chi connectivity index (χ4n) is 1.42. The highest BCUT2D eigenvalue weighted by molar-refractivity contribution is 5.26. The highest BCUT2D eigenvalue weighted by Gasteiger charge is 2.34. The molecule has 0 saturated carbocycles. The Kier molecular flexibility index (Phi) is 2.93. The van der Waals surface area contributed by atoms with E-state index in [1.165, 1.54) is 20.8 Å². The van der Waals surface area contributed by atoms with E-state index in [1.54, 1.807) is 0 Å². The molecule has 0 radical (unpaired) electrons. The lowest BCUT2D eigenvalue weighted by Gasteiger charge is -2.15. The number of aryl methyl sites for hydroxylation is 1. The van der Waals surface area contributed by atoms with Gasteiger partial charge in [-0.2, -0.15) is 13.2 Å². The van der Waals surface area contributed by atoms with Crippen LogP contribution < -0.4 is 5.56 Å². The second kappa shape index (κ2) is 3.72. The van der Waals surface area contributed by atoms with Crippen molar-refractivity contribution >= 4 is 0 Å². The van der Waals surface area contributed by atoms with E-state index in [4.69, 9.17) is 0 Å². The lowest BCUT2D eigenvalue weighted by molar-refractivity contribution is -0.144. The Labute approximate surface area is 85.3 Å². The Morgan fingerprint density at radius 1 is 1.33 bits per heavy atom. The monoisotopic (exact) mass is 219 g/mol. The van der Waals surface area contributed by atoms with Gasteiger partial charge in [-0.05, 0) is 32.4 Å². The lowest BCUT2D eigenvalue weighted by atomic mass is 10.1. The van der Waals surface area contributed by atoms with E-state index in [-0.39, 0.29) is 6.54 Å². The SMILES string of the molecule is CCn1c(C(F)(F)F)cc(C)c(C)c1=O. The highest BCUT2D eigenvalue weighted by atomic mass is 19.4. The predicted molar refractivity (Wildman–Crippen MR) is 50.9 cm³/mol. The standard InChI is InChI=1S/C10H12F3NO/c1-4-14-8(10(11,12)13)5-6(2)7(3)9(14)15/h5H,4H2,1-3H3. The zero-order valence-electron chi connectivity index (χ0n) is 8.77. The van der Waals surface area contributed by atoms with Crippen molar-refractivity contribution in [1.82, 2.24) is 4.57 Å². The molecule has 1 rings (SSSR count). The van der Waals surface area contributed by atoms with Crippen LogP contribution in [0.15, 0.2) is 10.9 Å². The Balaban J connectivity index is 3.61. The largest absolute Gasteiger partial charge is 0.431 e. The molecule has 0 fully saturated rings. The number of nitrogens with zero attached hydrogens (tertiary/aromatic N) is 1. The number of hydrogen-bond acceptors (Lipinski definition) is 1. The molecule has 1 aromatic rings. The Morgan fingerprint density at radius 3 is 2.27 bits per heavy atom. The van der Waals surface area contributed by atoms with E-state index in [2.05, 4.69) is 0 Å². The van der Waals surface area contributed by atoms with E-state index >= 15 is 0 Å². The van der Waals surface area contributed by atoms with E-state index in [0.29, 0.717) is 11.1 Å². The third-order valence-electron chi connectivity index (χ3n) is 2.41. The van der Waals surface area contributed by atoms with Crippen LogP contribution in [0.1, 0.15) is 23.7 Å². The number of alkyl halides is 3. The Morgan fingerprint density at radius 2 is 1.87 bits per heavy atom. The van der Waals surface area contributed by atoms with Gasteiger partial charge >= 0.3 is 6.18 Å². The molecule has 0 saturated heterocycles. The summed E-state index contributed by atoms with van der Waals surface area (Å²) in [4.78, 5) is 11.6. The average molecular weight is 219 g/mol. The lowest BCUT2D eigenvalue weighted by Crippen LogP contribution is -2.29. The molecule has 0 aromatic carbocycles. The first-order valence-corrected chi connectivity index (χ1v) is 4.57. The van der Waals surface area contributed by atoms with Crippen LogP contribution in [-0.2, 0) is 12.7 Å². The number of halogens is 3. The summed E-state index contributed by atoms with van der Waals surface area (Å²) in [7, 11) is 0. The van der Waals surface area contributed by atoms with Gasteiger partial charge in [-0.25, -0.2) is 0 Å². The molecule has 0 aliphatic heterocycles. The molecule has 0 atom stereocenters. The van der Waals surface area contributed by atoms with Crippen LogP contribution in [0.2, 0.25) is 0 Å². The zero-order chi connectivity index (χ0) is 11.8. The van der Waals surface area contributed by atoms with E-state index in [1.807, 2.05) is 0 Å². The predicted octanol–water partition coefficient (Wildman–Crippen LogP) is 2.50. The Hall–Kier alpha value is -1.26. The molecule has 15 heavy (non-hydrogen) atoms. The molecule has 0 spiro atoms. The summed E-state index contributed by atoms with van der Waals surface area (Å²) in [6.07, 6.45) is -4.48. The van der Waals surface area contributed by atoms with Gasteiger partial charge in [0.15, 0.2) is 0 Å². The molecule has 0 N–H and O–H groups in total. The molecule has 0 aliphatic carbocycles. The fraction of sp³-hybridized carbons (Fsp3) is 0.500. The van der Waals surface area contributed by atoms with E-state index < -0.39 is 17.4 Å². The van der Waals surface area contributed by atoms with Crippen molar-refractivity contribution < 1.29 is 13.2 Å². The fourth-order valence-corrected chi connectivity index (χ4v) is 1.42. The number of hydrogen-bond donors (Lipinski definition) is 0. The topological polar surface area (TPSA) is 22.0 Å². The summed E-state index contributed by atoms with van der Waals surface area (Å²) in [6, 6.07) is 1.01. The number of rotatable bonds is 1. The van der Waals surface area contributed by atoms with Gasteiger partial charge in [-0.3, -0.25) is 4.79 Å². The minimum Gasteiger partial charge on any atom is -0.304 e. The quantitative estimate of drug-likeness (QED) is 0.711. The Bertz CT molecular complexity index is 432. The molecular weight excluding hydrogens is 207 g/mol. The van der Waals surface area contributed by atoms with Crippen molar-refractivity contribution in [3.05, 3.63) is 33.2 Å². The molecule has 0 aliphatic rings. The summed E-state index contributed by atoms with van der Waals surface area (Å²) >= 11 is 0. The summed E-state index contributed by atoms with van der Waals surface area (Å²) in [5.74, 6) is 0. The maximum atomic E-state index is 12.6. The molecule has 84 valence electrons. The molecule has 0 bridgehead atoms. The van der Waals surface area contributed by atoms with Crippen LogP contribution in [0.3, 0.4) is 0 Å². The van der Waals surface area contributed by atoms with Gasteiger partial charge in [-0.1, -0.05) is 0 Å². The van der Waals surface area contributed by atoms with Gasteiger partial charge in [0, 0.05) is 12.1 Å². The minimum absolute atomic E-state index is 0.0226. The first-order valence-electron chi connectivity index (χ1n) is 4.57. The summed E-state index contributed by atoms with van der Waals surface area (Å²) in [5, 5.41) is 0. The van der Waals surface area contributed by atoms with Crippen molar-refractivity contribution in [3.63, 3.8) is 0 Å². The van der Waals surface area contributed by atoms with Crippen LogP contribution in [0.5, 0.6) is 0 Å². The zero-order valence-corrected chi connectivity index (χ0v) is 8.77. The first-order chi connectivity index (χ1) is 6.79. The first kappa shape index (κ1) is 11.8. The van der Waals surface area contributed by atoms with Gasteiger partial charge < -0.3 is 4.57 Å². The maximum absolute atomic E-state index is 12.6. The molecule has 5 heteroatoms. The van der Waals surface area contributed by atoms with Crippen molar-refractivity contribution in [3.8, 4) is 0 Å². The van der Waals surface area contributed by atoms with Crippen LogP contribution in [0.25, 0.3) is 0 Å². The maximum Gasteiger partial charge on any atom is 0.431 e. The summed E-state index contributed by atoms with van der Waals surface area (Å²) in [5.41, 5.74) is -0.704. The number of pyridine rings is 1. The van der Waals surface area contributed by atoms with E-state index in [0.717, 1.165) is 10.6 Å². The van der Waals surface area contributed by atoms with Gasteiger partial charge in [0.2, 0.25) is 0 Å². The molecular formula is C10H12F3NO. The second-order valence-electron chi connectivity index (χ2n) is 3.38. The third-order valence-corrected chi connectivity index (χ3v) is 2.41. The normalized spacial score (nSPS) is 11.9. The van der Waals surface area contributed by atoms with Crippen molar-refractivity contribution in [1.29, 1.82) is 0 Å². The molecule has 0 unspecified atom stereocenters. The van der Waals surface area contributed by atoms with E-state index in [9.17, 15) is 18.0 Å². The van der Waals surface area contributed by atoms with Gasteiger partial charge in [0.25, 0.3) is 5.56 Å². The molecule has 2 nitrogen and oxygen atoms in total. The minimum atomic E-state index is -4.48. The molecule has 0 amide bonds. The van der Waals surface area contributed by atoms with Gasteiger partial charge in [-0.15, -0.1) is 0 Å². The average Bonchev–Trinajstić information content (AvgIpc) is 2.12. The van der Waals surface area contributed by atoms with Crippen molar-refractivity contribution in [2.45, 2.75) is 33.5 Å². The highest BCUT2D eigenvalue weighted by Crippen LogP contribution is 2.29. The van der Waals surface area contributed by atoms with Crippen LogP contribution in [-0.4, -0.2) is 4.57 Å². The van der Waals surface area contributed by atoms with Crippen molar-refractivity contribution in [2.24, 2.45) is 0 Å². The molecule has 1 aromatic heterocycles. The molecule has 1 heterocycles. The van der Waals surface area contributed by atoms with Gasteiger partial charge in [0.05, 0.1) is 0 Å². The van der Waals surface area contributed by atoms with Crippen molar-refractivity contribution in [2.75, 3.05) is 0 Å². The third kappa shape index (κ3) is 2.06. The van der Waals surface area contributed by atoms with Crippen LogP contribution in [0.4, 0.5) is 13.2 Å². The smallest absolute Gasteiger partial charge is 0.304 e.